The van der Waals surface area contributed by atoms with E-state index in [2.05, 4.69) is 15.4 Å². The predicted octanol–water partition coefficient (Wildman–Crippen LogP) is 5.84. The van der Waals surface area contributed by atoms with Gasteiger partial charge in [0.05, 0.1) is 27.7 Å². The third-order valence-electron chi connectivity index (χ3n) is 8.33. The van der Waals surface area contributed by atoms with Gasteiger partial charge in [0.2, 0.25) is 11.7 Å². The summed E-state index contributed by atoms with van der Waals surface area (Å²) in [6.45, 7) is 0. The molecule has 3 aromatic heterocycles. The summed E-state index contributed by atoms with van der Waals surface area (Å²) in [7, 11) is 0. The van der Waals surface area contributed by atoms with Crippen LogP contribution >= 0.6 is 11.3 Å². The second kappa shape index (κ2) is 7.85. The molecule has 3 heterocycles. The van der Waals surface area contributed by atoms with E-state index in [0.717, 1.165) is 54.0 Å². The highest BCUT2D eigenvalue weighted by molar-refractivity contribution is 7.12. The minimum Gasteiger partial charge on any atom is -0.326 e. The van der Waals surface area contributed by atoms with Crippen LogP contribution < -0.4 is 5.32 Å². The number of hydrogen-bond donors (Lipinski definition) is 1. The Labute approximate surface area is 207 Å². The van der Waals surface area contributed by atoms with E-state index in [1.165, 1.54) is 30.6 Å². The quantitative estimate of drug-likeness (QED) is 0.362. The van der Waals surface area contributed by atoms with Crippen LogP contribution in [0.5, 0.6) is 0 Å². The maximum atomic E-state index is 13.5. The number of aromatic nitrogens is 3. The van der Waals surface area contributed by atoms with Gasteiger partial charge in [-0.2, -0.15) is 5.10 Å². The second-order valence-corrected chi connectivity index (χ2v) is 11.6. The summed E-state index contributed by atoms with van der Waals surface area (Å²) in [5, 5.41) is 9.65. The van der Waals surface area contributed by atoms with Crippen molar-refractivity contribution in [3.8, 4) is 11.3 Å². The lowest BCUT2D eigenvalue weighted by molar-refractivity contribution is -0.140. The molecule has 4 aromatic rings. The Bertz CT molecular complexity index is 1420. The van der Waals surface area contributed by atoms with Gasteiger partial charge in [-0.1, -0.05) is 18.2 Å². The molecule has 4 aliphatic carbocycles. The number of carbonyl (C=O) groups excluding carboxylic acids is 2. The molecule has 1 amide bonds. The average Bonchev–Trinajstić information content (AvgIpc) is 3.53. The predicted molar refractivity (Wildman–Crippen MR) is 135 cm³/mol. The summed E-state index contributed by atoms with van der Waals surface area (Å²) in [5.41, 5.74) is 3.37. The van der Waals surface area contributed by atoms with Gasteiger partial charge in [0.15, 0.2) is 5.65 Å². The summed E-state index contributed by atoms with van der Waals surface area (Å²) < 4.78 is 1.71. The Morgan fingerprint density at radius 1 is 1.00 bits per heavy atom. The maximum absolute atomic E-state index is 13.5. The van der Waals surface area contributed by atoms with Gasteiger partial charge in [-0.15, -0.1) is 11.3 Å². The first-order chi connectivity index (χ1) is 17.1. The van der Waals surface area contributed by atoms with Gasteiger partial charge >= 0.3 is 0 Å². The fourth-order valence-electron chi connectivity index (χ4n) is 7.22. The van der Waals surface area contributed by atoms with Crippen LogP contribution in [0, 0.1) is 23.2 Å². The van der Waals surface area contributed by atoms with Crippen molar-refractivity contribution in [3.63, 3.8) is 0 Å². The number of carbonyl (C=O) groups is 2. The molecule has 1 aromatic carbocycles. The molecule has 0 unspecified atom stereocenters. The number of nitrogens with zero attached hydrogens (tertiary/aromatic N) is 3. The molecule has 4 bridgehead atoms. The topological polar surface area (TPSA) is 76.4 Å². The third kappa shape index (κ3) is 3.44. The van der Waals surface area contributed by atoms with Crippen LogP contribution in [0.15, 0.2) is 60.2 Å². The SMILES string of the molecule is O=C(c1cccs1)c1cnn2c(-c3cccc(NC(=O)C45CC6CC(CC(C6)C4)C5)c3)ccnc12. The normalized spacial score (nSPS) is 26.8. The zero-order chi connectivity index (χ0) is 23.6. The lowest BCUT2D eigenvalue weighted by Gasteiger charge is -2.55. The number of fused-ring (bicyclic) bond motifs is 1. The molecule has 4 fully saturated rings. The fraction of sp³-hybridized carbons (Fsp3) is 0.357. The lowest BCUT2D eigenvalue weighted by Crippen LogP contribution is -2.51. The van der Waals surface area contributed by atoms with Crippen LogP contribution in [0.25, 0.3) is 16.9 Å². The van der Waals surface area contributed by atoms with Crippen molar-refractivity contribution in [2.75, 3.05) is 5.32 Å². The van der Waals surface area contributed by atoms with E-state index in [1.54, 1.807) is 16.9 Å². The molecular formula is C28H26N4O2S. The van der Waals surface area contributed by atoms with Gasteiger partial charge in [-0.3, -0.25) is 9.59 Å². The first-order valence-corrected chi connectivity index (χ1v) is 13.3. The van der Waals surface area contributed by atoms with Gasteiger partial charge in [-0.25, -0.2) is 9.50 Å². The van der Waals surface area contributed by atoms with Gasteiger partial charge in [0.25, 0.3) is 0 Å². The molecule has 0 spiro atoms. The van der Waals surface area contributed by atoms with E-state index >= 15 is 0 Å². The molecule has 0 atom stereocenters. The standard InChI is InChI=1S/C28H26N4O2S/c33-25(24-5-2-8-35-24)22-16-30-32-23(6-7-29-26(22)32)20-3-1-4-21(12-20)31-27(34)28-13-17-9-18(14-28)11-19(10-17)15-28/h1-8,12,16-19H,9-11,13-15H2,(H,31,34). The first kappa shape index (κ1) is 21.0. The summed E-state index contributed by atoms with van der Waals surface area (Å²) >= 11 is 1.41. The van der Waals surface area contributed by atoms with Crippen LogP contribution in [0.3, 0.4) is 0 Å². The number of rotatable bonds is 5. The minimum atomic E-state index is -0.187. The molecule has 8 rings (SSSR count). The Morgan fingerprint density at radius 2 is 1.77 bits per heavy atom. The second-order valence-electron chi connectivity index (χ2n) is 10.7. The van der Waals surface area contributed by atoms with Crippen LogP contribution in [-0.4, -0.2) is 26.3 Å². The molecule has 0 aliphatic heterocycles. The van der Waals surface area contributed by atoms with Crippen molar-refractivity contribution in [1.29, 1.82) is 0 Å². The summed E-state index contributed by atoms with van der Waals surface area (Å²) in [6.07, 6.45) is 10.4. The van der Waals surface area contributed by atoms with Crippen molar-refractivity contribution in [1.82, 2.24) is 14.6 Å². The van der Waals surface area contributed by atoms with Crippen LogP contribution in [0.2, 0.25) is 0 Å². The van der Waals surface area contributed by atoms with Gasteiger partial charge in [0, 0.05) is 17.4 Å². The summed E-state index contributed by atoms with van der Waals surface area (Å²) in [5.74, 6) is 2.31. The van der Waals surface area contributed by atoms with E-state index in [4.69, 9.17) is 0 Å². The van der Waals surface area contributed by atoms with E-state index in [9.17, 15) is 9.59 Å². The minimum absolute atomic E-state index is 0.0729. The number of ketones is 1. The van der Waals surface area contributed by atoms with E-state index in [-0.39, 0.29) is 17.1 Å². The van der Waals surface area contributed by atoms with Crippen LogP contribution in [0.4, 0.5) is 5.69 Å². The van der Waals surface area contributed by atoms with Gasteiger partial charge in [0.1, 0.15) is 0 Å². The van der Waals surface area contributed by atoms with Crippen molar-refractivity contribution in [2.45, 2.75) is 38.5 Å². The first-order valence-electron chi connectivity index (χ1n) is 12.4. The Hall–Kier alpha value is -3.32. The van der Waals surface area contributed by atoms with Crippen LogP contribution in [-0.2, 0) is 4.79 Å². The van der Waals surface area contributed by atoms with Crippen molar-refractivity contribution >= 4 is 34.4 Å². The smallest absolute Gasteiger partial charge is 0.230 e. The molecule has 1 N–H and O–H groups in total. The molecule has 35 heavy (non-hydrogen) atoms. The summed E-state index contributed by atoms with van der Waals surface area (Å²) in [4.78, 5) is 31.6. The van der Waals surface area contributed by atoms with Crippen molar-refractivity contribution in [3.05, 3.63) is 70.7 Å². The highest BCUT2D eigenvalue weighted by Crippen LogP contribution is 2.60. The molecular weight excluding hydrogens is 456 g/mol. The monoisotopic (exact) mass is 482 g/mol. The number of nitrogens with one attached hydrogen (secondary N) is 1. The number of hydrogen-bond acceptors (Lipinski definition) is 5. The third-order valence-corrected chi connectivity index (χ3v) is 9.20. The molecule has 6 nitrogen and oxygen atoms in total. The van der Waals surface area contributed by atoms with Gasteiger partial charge < -0.3 is 5.32 Å². The summed E-state index contributed by atoms with van der Waals surface area (Å²) in [6, 6.07) is 13.5. The maximum Gasteiger partial charge on any atom is 0.230 e. The number of amides is 1. The average molecular weight is 483 g/mol. The molecule has 7 heteroatoms. The molecule has 176 valence electrons. The number of benzene rings is 1. The van der Waals surface area contributed by atoms with Gasteiger partial charge in [-0.05, 0) is 85.9 Å². The van der Waals surface area contributed by atoms with Crippen LogP contribution in [0.1, 0.15) is 53.8 Å². The highest BCUT2D eigenvalue weighted by atomic mass is 32.1. The Kier molecular flexibility index (Phi) is 4.71. The number of thiophene rings is 1. The van der Waals surface area contributed by atoms with Crippen molar-refractivity contribution in [2.24, 2.45) is 23.2 Å². The number of anilines is 1. The Balaban J connectivity index is 1.19. The van der Waals surface area contributed by atoms with E-state index in [1.807, 2.05) is 47.8 Å². The Morgan fingerprint density at radius 3 is 2.49 bits per heavy atom. The molecule has 0 saturated heterocycles. The molecule has 4 saturated carbocycles. The van der Waals surface area contributed by atoms with Crippen molar-refractivity contribution < 1.29 is 9.59 Å². The zero-order valence-electron chi connectivity index (χ0n) is 19.3. The molecule has 4 aliphatic rings. The van der Waals surface area contributed by atoms with E-state index < -0.39 is 0 Å². The lowest BCUT2D eigenvalue weighted by atomic mass is 9.49. The molecule has 0 radical (unpaired) electrons. The zero-order valence-corrected chi connectivity index (χ0v) is 20.1. The highest BCUT2D eigenvalue weighted by Gasteiger charge is 2.54. The fourth-order valence-corrected chi connectivity index (χ4v) is 7.90. The largest absolute Gasteiger partial charge is 0.326 e. The van der Waals surface area contributed by atoms with E-state index in [0.29, 0.717) is 16.1 Å².